The second kappa shape index (κ2) is 10.1. The molecule has 2 aromatic carbocycles. The SMILES string of the molecule is Cn1cnc(-c2nn(-c3c(Cl)cccc3Cl)c(=O)c3cnc(Nc4ccc(N5CCNCC5)cc4)nc23)c1. The van der Waals surface area contributed by atoms with Crippen LogP contribution >= 0.6 is 23.2 Å². The number of hydrogen-bond acceptors (Lipinski definition) is 8. The zero-order chi connectivity index (χ0) is 26.2. The summed E-state index contributed by atoms with van der Waals surface area (Å²) in [7, 11) is 1.85. The topological polar surface area (TPSA) is 106 Å². The number of benzene rings is 2. The number of aryl methyl sites for hydroxylation is 1. The fourth-order valence-electron chi connectivity index (χ4n) is 4.44. The van der Waals surface area contributed by atoms with Crippen molar-refractivity contribution in [3.05, 3.63) is 81.6 Å². The lowest BCUT2D eigenvalue weighted by Crippen LogP contribution is -2.43. The van der Waals surface area contributed by atoms with Crippen molar-refractivity contribution in [2.24, 2.45) is 7.05 Å². The fourth-order valence-corrected chi connectivity index (χ4v) is 5.00. The molecule has 12 heteroatoms. The maximum atomic E-state index is 13.5. The van der Waals surface area contributed by atoms with Crippen molar-refractivity contribution in [2.45, 2.75) is 0 Å². The predicted octanol–water partition coefficient (Wildman–Crippen LogP) is 4.04. The first-order valence-corrected chi connectivity index (χ1v) is 12.8. The van der Waals surface area contributed by atoms with Gasteiger partial charge in [0.2, 0.25) is 5.95 Å². The molecule has 2 N–H and O–H groups in total. The van der Waals surface area contributed by atoms with E-state index >= 15 is 0 Å². The second-order valence-electron chi connectivity index (χ2n) is 8.93. The Kier molecular flexibility index (Phi) is 6.44. The van der Waals surface area contributed by atoms with E-state index in [2.05, 4.69) is 47.7 Å². The van der Waals surface area contributed by atoms with Gasteiger partial charge in [0.25, 0.3) is 5.56 Å². The number of anilines is 3. The van der Waals surface area contributed by atoms with E-state index in [-0.39, 0.29) is 11.1 Å². The Morgan fingerprint density at radius 2 is 1.74 bits per heavy atom. The van der Waals surface area contributed by atoms with E-state index in [0.717, 1.165) is 37.6 Å². The Morgan fingerprint density at radius 1 is 1.00 bits per heavy atom. The lowest BCUT2D eigenvalue weighted by molar-refractivity contribution is 0.589. The number of imidazole rings is 1. The molecule has 1 saturated heterocycles. The standard InChI is InChI=1S/C26H23Cl2N9O/c1-35-14-21(31-15-35)23-22-18(25(38)37(34-23)24-19(27)3-2-4-20(24)28)13-30-26(33-22)32-16-5-7-17(8-6-16)36-11-9-29-10-12-36/h2-8,13-15,29H,9-12H2,1H3,(H,30,32,33). The molecule has 0 bridgehead atoms. The number of piperazine rings is 1. The van der Waals surface area contributed by atoms with Crippen molar-refractivity contribution in [1.29, 1.82) is 0 Å². The third-order valence-corrected chi connectivity index (χ3v) is 6.95. The Morgan fingerprint density at radius 3 is 2.42 bits per heavy atom. The summed E-state index contributed by atoms with van der Waals surface area (Å²) in [6, 6.07) is 13.1. The zero-order valence-corrected chi connectivity index (χ0v) is 21.9. The summed E-state index contributed by atoms with van der Waals surface area (Å²) in [6.07, 6.45) is 4.94. The highest BCUT2D eigenvalue weighted by Gasteiger charge is 2.20. The summed E-state index contributed by atoms with van der Waals surface area (Å²) < 4.78 is 2.98. The van der Waals surface area contributed by atoms with E-state index in [4.69, 9.17) is 23.2 Å². The van der Waals surface area contributed by atoms with Gasteiger partial charge >= 0.3 is 0 Å². The van der Waals surface area contributed by atoms with Crippen LogP contribution in [0.5, 0.6) is 0 Å². The molecule has 0 saturated carbocycles. The highest BCUT2D eigenvalue weighted by atomic mass is 35.5. The molecule has 1 aliphatic rings. The minimum Gasteiger partial charge on any atom is -0.369 e. The van der Waals surface area contributed by atoms with E-state index < -0.39 is 5.56 Å². The fraction of sp³-hybridized carbons (Fsp3) is 0.192. The van der Waals surface area contributed by atoms with Crippen LogP contribution in [-0.2, 0) is 7.05 Å². The van der Waals surface area contributed by atoms with Gasteiger partial charge in [0.1, 0.15) is 22.6 Å². The Hall–Kier alpha value is -3.99. The average molecular weight is 548 g/mol. The third kappa shape index (κ3) is 4.58. The molecule has 38 heavy (non-hydrogen) atoms. The average Bonchev–Trinajstić information content (AvgIpc) is 3.36. The van der Waals surface area contributed by atoms with Gasteiger partial charge in [0.15, 0.2) is 0 Å². The van der Waals surface area contributed by atoms with Crippen LogP contribution < -0.4 is 21.1 Å². The summed E-state index contributed by atoms with van der Waals surface area (Å²) in [5.74, 6) is 0.333. The molecule has 0 unspecified atom stereocenters. The number of rotatable bonds is 5. The van der Waals surface area contributed by atoms with Crippen molar-refractivity contribution in [3.8, 4) is 17.1 Å². The summed E-state index contributed by atoms with van der Waals surface area (Å²) in [5.41, 5.74) is 3.13. The summed E-state index contributed by atoms with van der Waals surface area (Å²) >= 11 is 12.8. The minimum atomic E-state index is -0.443. The van der Waals surface area contributed by atoms with Crippen LogP contribution in [0, 0.1) is 0 Å². The van der Waals surface area contributed by atoms with Gasteiger partial charge in [-0.05, 0) is 36.4 Å². The first-order valence-electron chi connectivity index (χ1n) is 12.0. The normalized spacial score (nSPS) is 13.7. The Labute approximate surface area is 227 Å². The highest BCUT2D eigenvalue weighted by molar-refractivity contribution is 6.37. The summed E-state index contributed by atoms with van der Waals surface area (Å²) in [4.78, 5) is 29.4. The van der Waals surface area contributed by atoms with Crippen LogP contribution in [0.25, 0.3) is 28.0 Å². The van der Waals surface area contributed by atoms with Gasteiger partial charge < -0.3 is 20.1 Å². The van der Waals surface area contributed by atoms with Gasteiger partial charge in [-0.25, -0.2) is 15.0 Å². The smallest absolute Gasteiger partial charge is 0.282 e. The molecule has 0 amide bonds. The molecular formula is C26H23Cl2N9O. The minimum absolute atomic E-state index is 0.260. The molecule has 3 aromatic heterocycles. The van der Waals surface area contributed by atoms with Crippen LogP contribution in [0.4, 0.5) is 17.3 Å². The van der Waals surface area contributed by atoms with Gasteiger partial charge in [0, 0.05) is 57.0 Å². The van der Waals surface area contributed by atoms with Gasteiger partial charge in [-0.1, -0.05) is 29.3 Å². The third-order valence-electron chi connectivity index (χ3n) is 6.34. The van der Waals surface area contributed by atoms with E-state index in [1.165, 1.54) is 10.9 Å². The van der Waals surface area contributed by atoms with Crippen LogP contribution in [0.1, 0.15) is 0 Å². The van der Waals surface area contributed by atoms with Crippen LogP contribution in [0.2, 0.25) is 10.0 Å². The number of halogens is 2. The molecule has 6 rings (SSSR count). The molecule has 4 heterocycles. The quantitative estimate of drug-likeness (QED) is 0.339. The van der Waals surface area contributed by atoms with Gasteiger partial charge in [-0.15, -0.1) is 0 Å². The molecular weight excluding hydrogens is 525 g/mol. The van der Waals surface area contributed by atoms with Crippen molar-refractivity contribution < 1.29 is 0 Å². The molecule has 0 atom stereocenters. The summed E-state index contributed by atoms with van der Waals surface area (Å²) in [5, 5.41) is 12.1. The van der Waals surface area contributed by atoms with Crippen LogP contribution in [-0.4, -0.2) is 55.5 Å². The first kappa shape index (κ1) is 24.4. The van der Waals surface area contributed by atoms with Crippen LogP contribution in [0.15, 0.2) is 66.0 Å². The number of nitrogens with zero attached hydrogens (tertiary/aromatic N) is 7. The van der Waals surface area contributed by atoms with E-state index in [9.17, 15) is 4.79 Å². The molecule has 0 spiro atoms. The van der Waals surface area contributed by atoms with Crippen molar-refractivity contribution in [3.63, 3.8) is 0 Å². The molecule has 5 aromatic rings. The maximum Gasteiger partial charge on any atom is 0.282 e. The van der Waals surface area contributed by atoms with E-state index in [0.29, 0.717) is 32.9 Å². The van der Waals surface area contributed by atoms with Gasteiger partial charge in [-0.2, -0.15) is 9.78 Å². The largest absolute Gasteiger partial charge is 0.369 e. The van der Waals surface area contributed by atoms with E-state index in [1.54, 1.807) is 35.3 Å². The predicted molar refractivity (Wildman–Crippen MR) is 150 cm³/mol. The van der Waals surface area contributed by atoms with Crippen molar-refractivity contribution >= 4 is 51.4 Å². The maximum absolute atomic E-state index is 13.5. The van der Waals surface area contributed by atoms with Crippen molar-refractivity contribution in [1.82, 2.24) is 34.6 Å². The summed E-state index contributed by atoms with van der Waals surface area (Å²) in [6.45, 7) is 3.89. The molecule has 1 fully saturated rings. The van der Waals surface area contributed by atoms with Gasteiger partial charge in [0.05, 0.1) is 21.8 Å². The number of fused-ring (bicyclic) bond motifs is 1. The Balaban J connectivity index is 1.42. The molecule has 1 aliphatic heterocycles. The van der Waals surface area contributed by atoms with Crippen molar-refractivity contribution in [2.75, 3.05) is 36.4 Å². The lowest BCUT2D eigenvalue weighted by Gasteiger charge is -2.29. The number of hydrogen-bond donors (Lipinski definition) is 2. The molecule has 10 nitrogen and oxygen atoms in total. The van der Waals surface area contributed by atoms with Gasteiger partial charge in [-0.3, -0.25) is 4.79 Å². The lowest BCUT2D eigenvalue weighted by atomic mass is 10.2. The monoisotopic (exact) mass is 547 g/mol. The number of para-hydroxylation sites is 1. The van der Waals surface area contributed by atoms with E-state index in [1.807, 2.05) is 19.2 Å². The number of nitrogens with one attached hydrogen (secondary N) is 2. The Bertz CT molecular complexity index is 1670. The molecule has 192 valence electrons. The molecule has 0 radical (unpaired) electrons. The highest BCUT2D eigenvalue weighted by Crippen LogP contribution is 2.30. The zero-order valence-electron chi connectivity index (χ0n) is 20.4. The molecule has 0 aliphatic carbocycles. The second-order valence-corrected chi connectivity index (χ2v) is 9.74. The number of aromatic nitrogens is 6. The van der Waals surface area contributed by atoms with Crippen LogP contribution in [0.3, 0.4) is 0 Å². The first-order chi connectivity index (χ1) is 18.5.